The zero-order chi connectivity index (χ0) is 19.3. The van der Waals surface area contributed by atoms with Crippen molar-refractivity contribution in [1.82, 2.24) is 9.62 Å². The summed E-state index contributed by atoms with van der Waals surface area (Å²) < 4.78 is 27.3. The summed E-state index contributed by atoms with van der Waals surface area (Å²) in [6, 6.07) is 11.1. The van der Waals surface area contributed by atoms with Crippen molar-refractivity contribution in [3.05, 3.63) is 52.2 Å². The zero-order valence-electron chi connectivity index (χ0n) is 15.6. The van der Waals surface area contributed by atoms with Gasteiger partial charge in [0.15, 0.2) is 0 Å². The van der Waals surface area contributed by atoms with Gasteiger partial charge in [0, 0.05) is 24.4 Å². The third-order valence-electron chi connectivity index (χ3n) is 5.10. The number of nitrogens with one attached hydrogen (secondary N) is 1. The summed E-state index contributed by atoms with van der Waals surface area (Å²) in [5.41, 5.74) is 0.780. The molecule has 0 aliphatic carbocycles. The van der Waals surface area contributed by atoms with Gasteiger partial charge < -0.3 is 5.32 Å². The van der Waals surface area contributed by atoms with Gasteiger partial charge in [-0.3, -0.25) is 4.79 Å². The maximum atomic E-state index is 12.8. The Hall–Kier alpha value is -1.70. The maximum absolute atomic E-state index is 12.8. The minimum Gasteiger partial charge on any atom is -0.351 e. The maximum Gasteiger partial charge on any atom is 0.243 e. The summed E-state index contributed by atoms with van der Waals surface area (Å²) in [6.07, 6.45) is 2.93. The second-order valence-electron chi connectivity index (χ2n) is 7.01. The van der Waals surface area contributed by atoms with E-state index in [1.54, 1.807) is 27.8 Å². The second-order valence-corrected chi connectivity index (χ2v) is 9.95. The molecule has 0 atom stereocenters. The number of thiophene rings is 1. The molecule has 3 rings (SSSR count). The molecule has 146 valence electrons. The Morgan fingerprint density at radius 1 is 1.19 bits per heavy atom. The van der Waals surface area contributed by atoms with Crippen molar-refractivity contribution in [3.8, 4) is 0 Å². The van der Waals surface area contributed by atoms with E-state index in [2.05, 4.69) is 5.32 Å². The summed E-state index contributed by atoms with van der Waals surface area (Å²) in [5.74, 6) is 0.471. The monoisotopic (exact) mass is 406 g/mol. The summed E-state index contributed by atoms with van der Waals surface area (Å²) in [5, 5.41) is 4.95. The van der Waals surface area contributed by atoms with E-state index in [9.17, 15) is 13.2 Å². The lowest BCUT2D eigenvalue weighted by molar-refractivity contribution is -0.121. The molecule has 1 aromatic carbocycles. The van der Waals surface area contributed by atoms with Gasteiger partial charge in [0.05, 0.1) is 11.4 Å². The van der Waals surface area contributed by atoms with Crippen LogP contribution in [-0.4, -0.2) is 31.7 Å². The van der Waals surface area contributed by atoms with Crippen LogP contribution in [-0.2, 0) is 21.4 Å². The molecule has 1 saturated heterocycles. The number of hydrogen-bond donors (Lipinski definition) is 1. The van der Waals surface area contributed by atoms with Crippen LogP contribution in [0.1, 0.15) is 36.1 Å². The topological polar surface area (TPSA) is 66.5 Å². The number of benzene rings is 1. The van der Waals surface area contributed by atoms with E-state index in [1.165, 1.54) is 0 Å². The van der Waals surface area contributed by atoms with Crippen LogP contribution in [0, 0.1) is 12.8 Å². The smallest absolute Gasteiger partial charge is 0.243 e. The standard InChI is InChI=1S/C20H26N2O3S2/c1-16-5-2-3-7-19(16)27(24,25)22-12-10-17(11-13-22)8-9-20(23)21-15-18-6-4-14-26-18/h2-7,14,17H,8-13,15H2,1H3,(H,21,23). The molecule has 1 fully saturated rings. The third-order valence-corrected chi connectivity index (χ3v) is 8.04. The molecule has 0 unspecified atom stereocenters. The van der Waals surface area contributed by atoms with Crippen molar-refractivity contribution in [3.63, 3.8) is 0 Å². The van der Waals surface area contributed by atoms with Crippen LogP contribution in [0.2, 0.25) is 0 Å². The lowest BCUT2D eigenvalue weighted by Crippen LogP contribution is -2.39. The van der Waals surface area contributed by atoms with Crippen LogP contribution in [0.4, 0.5) is 0 Å². The van der Waals surface area contributed by atoms with Crippen LogP contribution in [0.3, 0.4) is 0 Å². The fourth-order valence-corrected chi connectivity index (χ4v) is 5.79. The first-order valence-electron chi connectivity index (χ1n) is 9.31. The van der Waals surface area contributed by atoms with E-state index >= 15 is 0 Å². The molecule has 0 saturated carbocycles. The van der Waals surface area contributed by atoms with Gasteiger partial charge in [-0.1, -0.05) is 24.3 Å². The van der Waals surface area contributed by atoms with Gasteiger partial charge in [-0.25, -0.2) is 8.42 Å². The Morgan fingerprint density at radius 2 is 1.93 bits per heavy atom. The molecular formula is C20H26N2O3S2. The van der Waals surface area contributed by atoms with Crippen molar-refractivity contribution in [2.24, 2.45) is 5.92 Å². The average Bonchev–Trinajstić information content (AvgIpc) is 3.19. The number of carbonyl (C=O) groups excluding carboxylic acids is 1. The zero-order valence-corrected chi connectivity index (χ0v) is 17.2. The average molecular weight is 407 g/mol. The number of piperidine rings is 1. The first kappa shape index (κ1) is 20.0. The number of carbonyl (C=O) groups is 1. The summed E-state index contributed by atoms with van der Waals surface area (Å²) in [4.78, 5) is 13.6. The van der Waals surface area contributed by atoms with Gasteiger partial charge in [0.1, 0.15) is 0 Å². The second kappa shape index (κ2) is 8.99. The quantitative estimate of drug-likeness (QED) is 0.765. The fraction of sp³-hybridized carbons (Fsp3) is 0.450. The highest BCUT2D eigenvalue weighted by atomic mass is 32.2. The molecule has 1 N–H and O–H groups in total. The predicted molar refractivity (Wildman–Crippen MR) is 108 cm³/mol. The van der Waals surface area contributed by atoms with Gasteiger partial charge in [0.25, 0.3) is 0 Å². The number of aryl methyl sites for hydroxylation is 1. The first-order chi connectivity index (χ1) is 13.0. The molecule has 0 radical (unpaired) electrons. The molecule has 0 bridgehead atoms. The Morgan fingerprint density at radius 3 is 2.59 bits per heavy atom. The Balaban J connectivity index is 1.45. The fourth-order valence-electron chi connectivity index (χ4n) is 3.45. The lowest BCUT2D eigenvalue weighted by Gasteiger charge is -2.31. The lowest BCUT2D eigenvalue weighted by atomic mass is 9.93. The highest BCUT2D eigenvalue weighted by molar-refractivity contribution is 7.89. The molecule has 5 nitrogen and oxygen atoms in total. The molecule has 7 heteroatoms. The van der Waals surface area contributed by atoms with Crippen molar-refractivity contribution < 1.29 is 13.2 Å². The number of hydrogen-bond acceptors (Lipinski definition) is 4. The Labute approximate surface area is 165 Å². The summed E-state index contributed by atoms with van der Waals surface area (Å²) >= 11 is 1.64. The normalized spacial score (nSPS) is 16.3. The number of amides is 1. The van der Waals surface area contributed by atoms with Gasteiger partial charge in [0.2, 0.25) is 15.9 Å². The number of nitrogens with zero attached hydrogens (tertiary/aromatic N) is 1. The number of rotatable bonds is 7. The minimum atomic E-state index is -3.43. The molecule has 1 amide bonds. The molecular weight excluding hydrogens is 380 g/mol. The molecule has 1 aliphatic rings. The van der Waals surface area contributed by atoms with E-state index in [-0.39, 0.29) is 5.91 Å². The highest BCUT2D eigenvalue weighted by Crippen LogP contribution is 2.27. The Bertz CT molecular complexity index is 855. The van der Waals surface area contributed by atoms with Crippen molar-refractivity contribution in [1.29, 1.82) is 0 Å². The Kier molecular flexibility index (Phi) is 6.68. The third kappa shape index (κ3) is 5.18. The van der Waals surface area contributed by atoms with E-state index in [1.807, 2.05) is 36.6 Å². The highest BCUT2D eigenvalue weighted by Gasteiger charge is 2.30. The van der Waals surface area contributed by atoms with Crippen molar-refractivity contribution in [2.75, 3.05) is 13.1 Å². The van der Waals surface area contributed by atoms with Gasteiger partial charge in [-0.05, 0) is 55.2 Å². The summed E-state index contributed by atoms with van der Waals surface area (Å²) in [6.45, 7) is 3.47. The van der Waals surface area contributed by atoms with E-state index in [4.69, 9.17) is 0 Å². The summed E-state index contributed by atoms with van der Waals surface area (Å²) in [7, 11) is -3.43. The number of sulfonamides is 1. The molecule has 27 heavy (non-hydrogen) atoms. The van der Waals surface area contributed by atoms with Crippen LogP contribution in [0.25, 0.3) is 0 Å². The first-order valence-corrected chi connectivity index (χ1v) is 11.6. The predicted octanol–water partition coefficient (Wildman–Crippen LogP) is 3.55. The molecule has 1 aromatic heterocycles. The van der Waals surface area contributed by atoms with Crippen molar-refractivity contribution in [2.45, 2.75) is 44.0 Å². The SMILES string of the molecule is Cc1ccccc1S(=O)(=O)N1CCC(CCC(=O)NCc2cccs2)CC1. The molecule has 0 spiro atoms. The van der Waals surface area contributed by atoms with E-state index in [0.29, 0.717) is 36.9 Å². The van der Waals surface area contributed by atoms with Gasteiger partial charge in [-0.15, -0.1) is 11.3 Å². The molecule has 2 heterocycles. The minimum absolute atomic E-state index is 0.0679. The van der Waals surface area contributed by atoms with Crippen LogP contribution < -0.4 is 5.32 Å². The van der Waals surface area contributed by atoms with Crippen LogP contribution in [0.15, 0.2) is 46.7 Å². The van der Waals surface area contributed by atoms with E-state index in [0.717, 1.165) is 29.7 Å². The van der Waals surface area contributed by atoms with Crippen LogP contribution >= 0.6 is 11.3 Å². The van der Waals surface area contributed by atoms with Gasteiger partial charge >= 0.3 is 0 Å². The molecule has 2 aromatic rings. The molecule has 1 aliphatic heterocycles. The van der Waals surface area contributed by atoms with Gasteiger partial charge in [-0.2, -0.15) is 4.31 Å². The largest absolute Gasteiger partial charge is 0.351 e. The van der Waals surface area contributed by atoms with E-state index < -0.39 is 10.0 Å². The van der Waals surface area contributed by atoms with Crippen LogP contribution in [0.5, 0.6) is 0 Å². The van der Waals surface area contributed by atoms with Crippen molar-refractivity contribution >= 4 is 27.3 Å².